The number of piperazine rings is 1. The van der Waals surface area contributed by atoms with Gasteiger partial charge in [0.2, 0.25) is 0 Å². The number of H-pyrrole nitrogens is 1. The zero-order valence-corrected chi connectivity index (χ0v) is 14.2. The van der Waals surface area contributed by atoms with Gasteiger partial charge in [0.1, 0.15) is 0 Å². The summed E-state index contributed by atoms with van der Waals surface area (Å²) in [4.78, 5) is 24.1. The highest BCUT2D eigenvalue weighted by atomic mass is 16.1. The first-order chi connectivity index (χ1) is 11.7. The molecule has 0 unspecified atom stereocenters. The number of aromatic amines is 1. The highest BCUT2D eigenvalue weighted by Crippen LogP contribution is 2.26. The van der Waals surface area contributed by atoms with Gasteiger partial charge in [0.05, 0.1) is 11.4 Å². The molecule has 0 radical (unpaired) electrons. The number of hydrogen-bond acceptors (Lipinski definition) is 4. The first kappa shape index (κ1) is 16.6. The fourth-order valence-electron chi connectivity index (χ4n) is 3.10. The quantitative estimate of drug-likeness (QED) is 0.860. The molecule has 5 heteroatoms. The lowest BCUT2D eigenvalue weighted by molar-refractivity contribution is 0.156. The third kappa shape index (κ3) is 3.63. The molecule has 2 aromatic rings. The summed E-state index contributed by atoms with van der Waals surface area (Å²) in [5.74, 6) is 0. The van der Waals surface area contributed by atoms with Gasteiger partial charge in [0.15, 0.2) is 0 Å². The molecule has 1 N–H and O–H groups in total. The van der Waals surface area contributed by atoms with Crippen LogP contribution >= 0.6 is 0 Å². The van der Waals surface area contributed by atoms with E-state index in [0.717, 1.165) is 55.9 Å². The number of likely N-dealkylation sites (N-methyl/N-ethyl adjacent to an activating group) is 1. The molecule has 0 aliphatic carbocycles. The number of nitrogens with one attached hydrogen (secondary N) is 1. The van der Waals surface area contributed by atoms with E-state index in [1.807, 2.05) is 30.3 Å². The first-order valence-corrected chi connectivity index (χ1v) is 8.38. The van der Waals surface area contributed by atoms with Gasteiger partial charge in [-0.2, -0.15) is 0 Å². The highest BCUT2D eigenvalue weighted by molar-refractivity contribution is 5.95. The van der Waals surface area contributed by atoms with Gasteiger partial charge < -0.3 is 14.8 Å². The third-order valence-corrected chi connectivity index (χ3v) is 4.58. The second-order valence-corrected chi connectivity index (χ2v) is 6.26. The molecule has 0 saturated carbocycles. The van der Waals surface area contributed by atoms with E-state index in [-0.39, 0.29) is 5.56 Å². The average molecular weight is 324 g/mol. The molecule has 126 valence electrons. The molecular weight excluding hydrogens is 300 g/mol. The topological polar surface area (TPSA) is 51.7 Å². The van der Waals surface area contributed by atoms with Crippen LogP contribution in [0.15, 0.2) is 40.1 Å². The molecule has 3 rings (SSSR count). The van der Waals surface area contributed by atoms with E-state index in [4.69, 9.17) is 0 Å². The standard InChI is InChI=1S/C19H24N4O/c1-20-18-15-7-3-4-8-16(15)19(24)21-17(18)9-5-6-10-23-13-11-22(2)12-14-23/h3-5,7-9H,1,6,10-14H2,2H3,(H,21,24)/b9-5-. The van der Waals surface area contributed by atoms with Crippen LogP contribution in [-0.2, 0) is 0 Å². The summed E-state index contributed by atoms with van der Waals surface area (Å²) in [6.45, 7) is 9.21. The van der Waals surface area contributed by atoms with Gasteiger partial charge in [-0.1, -0.05) is 24.3 Å². The summed E-state index contributed by atoms with van der Waals surface area (Å²) in [5.41, 5.74) is 1.38. The minimum Gasteiger partial charge on any atom is -0.320 e. The van der Waals surface area contributed by atoms with Crippen molar-refractivity contribution in [1.29, 1.82) is 0 Å². The Balaban J connectivity index is 1.72. The van der Waals surface area contributed by atoms with Gasteiger partial charge >= 0.3 is 0 Å². The lowest BCUT2D eigenvalue weighted by Gasteiger charge is -2.32. The van der Waals surface area contributed by atoms with Gasteiger partial charge in [0, 0.05) is 43.5 Å². The summed E-state index contributed by atoms with van der Waals surface area (Å²) in [7, 11) is 2.16. The van der Waals surface area contributed by atoms with Crippen molar-refractivity contribution in [2.75, 3.05) is 39.8 Å². The minimum atomic E-state index is -0.0864. The average Bonchev–Trinajstić information content (AvgIpc) is 2.60. The van der Waals surface area contributed by atoms with Crippen LogP contribution in [0.5, 0.6) is 0 Å². The Labute approximate surface area is 142 Å². The number of benzene rings is 1. The molecule has 1 fully saturated rings. The largest absolute Gasteiger partial charge is 0.320 e. The maximum Gasteiger partial charge on any atom is 0.256 e. The molecule has 5 nitrogen and oxygen atoms in total. The number of hydrogen-bond donors (Lipinski definition) is 1. The third-order valence-electron chi connectivity index (χ3n) is 4.58. The fourth-order valence-corrected chi connectivity index (χ4v) is 3.10. The molecule has 0 amide bonds. The van der Waals surface area contributed by atoms with E-state index in [9.17, 15) is 4.79 Å². The maximum absolute atomic E-state index is 12.2. The molecule has 1 aromatic heterocycles. The minimum absolute atomic E-state index is 0.0864. The normalized spacial score (nSPS) is 16.9. The van der Waals surface area contributed by atoms with Gasteiger partial charge in [-0.15, -0.1) is 0 Å². The Morgan fingerprint density at radius 2 is 1.92 bits per heavy atom. The smallest absolute Gasteiger partial charge is 0.256 e. The molecule has 1 saturated heterocycles. The van der Waals surface area contributed by atoms with Crippen molar-refractivity contribution in [3.8, 4) is 0 Å². The molecule has 0 atom stereocenters. The van der Waals surface area contributed by atoms with Crippen LogP contribution < -0.4 is 5.56 Å². The van der Waals surface area contributed by atoms with Crippen molar-refractivity contribution >= 4 is 29.3 Å². The predicted molar refractivity (Wildman–Crippen MR) is 101 cm³/mol. The number of aliphatic imine (C=N–C) groups is 1. The summed E-state index contributed by atoms with van der Waals surface area (Å²) in [6.07, 6.45) is 5.01. The molecule has 1 aromatic carbocycles. The second-order valence-electron chi connectivity index (χ2n) is 6.26. The van der Waals surface area contributed by atoms with Crippen LogP contribution in [0.3, 0.4) is 0 Å². The van der Waals surface area contributed by atoms with Gasteiger partial charge in [-0.25, -0.2) is 0 Å². The van der Waals surface area contributed by atoms with Gasteiger partial charge in [-0.3, -0.25) is 9.79 Å². The lowest BCUT2D eigenvalue weighted by atomic mass is 10.1. The Morgan fingerprint density at radius 3 is 2.62 bits per heavy atom. The predicted octanol–water partition coefficient (Wildman–Crippen LogP) is 2.51. The summed E-state index contributed by atoms with van der Waals surface area (Å²) in [6, 6.07) is 7.49. The molecule has 0 bridgehead atoms. The Bertz CT molecular complexity index is 801. The number of aromatic nitrogens is 1. The van der Waals surface area contributed by atoms with Crippen LogP contribution in [-0.4, -0.2) is 61.3 Å². The maximum atomic E-state index is 12.2. The van der Waals surface area contributed by atoms with Crippen molar-refractivity contribution in [3.05, 3.63) is 46.4 Å². The van der Waals surface area contributed by atoms with Crippen molar-refractivity contribution in [3.63, 3.8) is 0 Å². The number of pyridine rings is 1. The van der Waals surface area contributed by atoms with E-state index < -0.39 is 0 Å². The molecule has 2 heterocycles. The monoisotopic (exact) mass is 324 g/mol. The SMILES string of the molecule is C=Nc1c(/C=C\CCN2CCN(C)CC2)[nH]c(=O)c2ccccc12. The Hall–Kier alpha value is -2.24. The molecule has 0 spiro atoms. The van der Waals surface area contributed by atoms with E-state index in [1.165, 1.54) is 0 Å². The Kier molecular flexibility index (Phi) is 5.23. The van der Waals surface area contributed by atoms with Crippen molar-refractivity contribution in [1.82, 2.24) is 14.8 Å². The first-order valence-electron chi connectivity index (χ1n) is 8.38. The van der Waals surface area contributed by atoms with Crippen molar-refractivity contribution < 1.29 is 0 Å². The number of nitrogens with zero attached hydrogens (tertiary/aromatic N) is 3. The van der Waals surface area contributed by atoms with E-state index in [0.29, 0.717) is 5.39 Å². The number of fused-ring (bicyclic) bond motifs is 1. The molecule has 1 aliphatic rings. The van der Waals surface area contributed by atoms with Crippen LogP contribution in [0.1, 0.15) is 12.1 Å². The van der Waals surface area contributed by atoms with Crippen LogP contribution in [0, 0.1) is 0 Å². The van der Waals surface area contributed by atoms with E-state index in [2.05, 4.69) is 39.6 Å². The summed E-state index contributed by atoms with van der Waals surface area (Å²) in [5, 5.41) is 1.49. The van der Waals surface area contributed by atoms with E-state index in [1.54, 1.807) is 0 Å². The van der Waals surface area contributed by atoms with E-state index >= 15 is 0 Å². The zero-order valence-electron chi connectivity index (χ0n) is 14.2. The van der Waals surface area contributed by atoms with Crippen molar-refractivity contribution in [2.24, 2.45) is 4.99 Å². The lowest BCUT2D eigenvalue weighted by Crippen LogP contribution is -2.44. The fraction of sp³-hybridized carbons (Fsp3) is 0.368. The van der Waals surface area contributed by atoms with Crippen molar-refractivity contribution in [2.45, 2.75) is 6.42 Å². The van der Waals surface area contributed by atoms with Crippen LogP contribution in [0.25, 0.3) is 16.8 Å². The molecular formula is C19H24N4O. The molecule has 1 aliphatic heterocycles. The molecule has 24 heavy (non-hydrogen) atoms. The second kappa shape index (κ2) is 7.55. The summed E-state index contributed by atoms with van der Waals surface area (Å²) >= 11 is 0. The van der Waals surface area contributed by atoms with Gasteiger partial charge in [0.25, 0.3) is 5.56 Å². The summed E-state index contributed by atoms with van der Waals surface area (Å²) < 4.78 is 0. The Morgan fingerprint density at radius 1 is 1.21 bits per heavy atom. The van der Waals surface area contributed by atoms with Crippen LogP contribution in [0.2, 0.25) is 0 Å². The number of rotatable bonds is 5. The van der Waals surface area contributed by atoms with Gasteiger partial charge in [-0.05, 0) is 32.3 Å². The highest BCUT2D eigenvalue weighted by Gasteiger charge is 2.12. The van der Waals surface area contributed by atoms with Crippen LogP contribution in [0.4, 0.5) is 5.69 Å². The zero-order chi connectivity index (χ0) is 16.9.